The quantitative estimate of drug-likeness (QED) is 0.605. The van der Waals surface area contributed by atoms with Crippen LogP contribution in [0.25, 0.3) is 0 Å². The summed E-state index contributed by atoms with van der Waals surface area (Å²) in [6.07, 6.45) is 1.47. The SMILES string of the molecule is CCC(Cc1ccc(N2CCNCC2)cc1)(C(=O)c1ccc(N2CCNCC2)cc1)N(C)C. The number of nitrogens with zero attached hydrogens (tertiary/aromatic N) is 3. The number of piperazine rings is 2. The maximum atomic E-state index is 13.9. The number of carbonyl (C=O) groups excluding carboxylic acids is 1. The molecule has 2 aliphatic heterocycles. The van der Waals surface area contributed by atoms with Crippen molar-refractivity contribution in [1.29, 1.82) is 0 Å². The fourth-order valence-corrected chi connectivity index (χ4v) is 5.14. The highest BCUT2D eigenvalue weighted by Crippen LogP contribution is 2.29. The van der Waals surface area contributed by atoms with Gasteiger partial charge >= 0.3 is 0 Å². The lowest BCUT2D eigenvalue weighted by atomic mass is 9.80. The normalized spacial score (nSPS) is 18.9. The van der Waals surface area contributed by atoms with Crippen LogP contribution in [0.15, 0.2) is 48.5 Å². The van der Waals surface area contributed by atoms with Gasteiger partial charge in [-0.05, 0) is 68.9 Å². The molecule has 2 aliphatic rings. The van der Waals surface area contributed by atoms with Crippen molar-refractivity contribution in [2.24, 2.45) is 0 Å². The van der Waals surface area contributed by atoms with Crippen molar-refractivity contribution in [3.8, 4) is 0 Å². The van der Waals surface area contributed by atoms with Crippen LogP contribution in [-0.4, -0.2) is 82.7 Å². The number of likely N-dealkylation sites (N-methyl/N-ethyl adjacent to an activating group) is 1. The van der Waals surface area contributed by atoms with E-state index in [4.69, 9.17) is 0 Å². The minimum atomic E-state index is -0.562. The first kappa shape index (κ1) is 23.7. The first-order valence-corrected chi connectivity index (χ1v) is 12.4. The van der Waals surface area contributed by atoms with Crippen LogP contribution >= 0.6 is 0 Å². The largest absolute Gasteiger partial charge is 0.369 e. The van der Waals surface area contributed by atoms with E-state index in [9.17, 15) is 4.79 Å². The molecule has 2 fully saturated rings. The number of benzene rings is 2. The van der Waals surface area contributed by atoms with Crippen molar-refractivity contribution in [2.75, 3.05) is 76.3 Å². The van der Waals surface area contributed by atoms with Gasteiger partial charge in [0.1, 0.15) is 0 Å². The van der Waals surface area contributed by atoms with Crippen molar-refractivity contribution >= 4 is 17.2 Å². The fraction of sp³-hybridized carbons (Fsp3) is 0.519. The summed E-state index contributed by atoms with van der Waals surface area (Å²) in [6.45, 7) is 10.3. The number of ketones is 1. The number of hydrogen-bond acceptors (Lipinski definition) is 6. The van der Waals surface area contributed by atoms with E-state index in [0.717, 1.165) is 64.3 Å². The lowest BCUT2D eigenvalue weighted by Crippen LogP contribution is -2.52. The third-order valence-corrected chi connectivity index (χ3v) is 7.39. The molecule has 0 saturated carbocycles. The third kappa shape index (κ3) is 5.24. The zero-order valence-corrected chi connectivity index (χ0v) is 20.4. The molecule has 33 heavy (non-hydrogen) atoms. The van der Waals surface area contributed by atoms with Gasteiger partial charge in [-0.2, -0.15) is 0 Å². The van der Waals surface area contributed by atoms with Crippen molar-refractivity contribution in [1.82, 2.24) is 15.5 Å². The Kier molecular flexibility index (Phi) is 7.68. The lowest BCUT2D eigenvalue weighted by Gasteiger charge is -2.38. The highest BCUT2D eigenvalue weighted by Gasteiger charge is 2.39. The van der Waals surface area contributed by atoms with E-state index in [-0.39, 0.29) is 5.78 Å². The van der Waals surface area contributed by atoms with Crippen molar-refractivity contribution in [3.63, 3.8) is 0 Å². The Morgan fingerprint density at radius 3 is 1.70 bits per heavy atom. The molecule has 178 valence electrons. The van der Waals surface area contributed by atoms with E-state index in [2.05, 4.69) is 68.7 Å². The lowest BCUT2D eigenvalue weighted by molar-refractivity contribution is 0.0666. The number of Topliss-reactive ketones (excluding diaryl/α,β-unsaturated/α-hetero) is 1. The van der Waals surface area contributed by atoms with E-state index >= 15 is 0 Å². The second-order valence-corrected chi connectivity index (χ2v) is 9.47. The van der Waals surface area contributed by atoms with Gasteiger partial charge in [-0.3, -0.25) is 9.69 Å². The Bertz CT molecular complexity index is 899. The Morgan fingerprint density at radius 1 is 0.818 bits per heavy atom. The van der Waals surface area contributed by atoms with E-state index < -0.39 is 5.54 Å². The summed E-state index contributed by atoms with van der Waals surface area (Å²) in [5.41, 5.74) is 3.90. The first-order valence-electron chi connectivity index (χ1n) is 12.4. The van der Waals surface area contributed by atoms with Crippen LogP contribution < -0.4 is 20.4 Å². The molecule has 2 saturated heterocycles. The van der Waals surface area contributed by atoms with Crippen molar-refractivity contribution in [2.45, 2.75) is 25.3 Å². The summed E-state index contributed by atoms with van der Waals surface area (Å²) in [5, 5.41) is 6.80. The van der Waals surface area contributed by atoms with E-state index in [1.165, 1.54) is 16.9 Å². The number of nitrogens with one attached hydrogen (secondary N) is 2. The molecule has 0 aliphatic carbocycles. The van der Waals surface area contributed by atoms with Gasteiger partial charge < -0.3 is 20.4 Å². The molecule has 0 spiro atoms. The topological polar surface area (TPSA) is 50.9 Å². The van der Waals surface area contributed by atoms with Crippen LogP contribution in [0, 0.1) is 0 Å². The second-order valence-electron chi connectivity index (χ2n) is 9.47. The molecule has 2 aromatic carbocycles. The summed E-state index contributed by atoms with van der Waals surface area (Å²) < 4.78 is 0. The van der Waals surface area contributed by atoms with Crippen LogP contribution in [0.5, 0.6) is 0 Å². The summed E-state index contributed by atoms with van der Waals surface area (Å²) >= 11 is 0. The van der Waals surface area contributed by atoms with Gasteiger partial charge in [-0.1, -0.05) is 19.1 Å². The Balaban J connectivity index is 1.52. The predicted molar refractivity (Wildman–Crippen MR) is 138 cm³/mol. The maximum absolute atomic E-state index is 13.9. The van der Waals surface area contributed by atoms with Gasteiger partial charge in [0.15, 0.2) is 5.78 Å². The standard InChI is InChI=1S/C27H39N5O/c1-4-27(30(2)3,21-22-5-9-24(10-6-22)31-17-13-28-14-18-31)26(33)23-7-11-25(12-8-23)32-19-15-29-16-20-32/h5-12,28-29H,4,13-21H2,1-3H3. The molecule has 2 aromatic rings. The molecule has 0 aromatic heterocycles. The number of rotatable bonds is 8. The Morgan fingerprint density at radius 2 is 1.27 bits per heavy atom. The molecule has 4 rings (SSSR count). The van der Waals surface area contributed by atoms with E-state index in [0.29, 0.717) is 6.42 Å². The molecule has 0 radical (unpaired) electrons. The third-order valence-electron chi connectivity index (χ3n) is 7.39. The van der Waals surface area contributed by atoms with Gasteiger partial charge in [-0.15, -0.1) is 0 Å². The number of carbonyl (C=O) groups is 1. The summed E-state index contributed by atoms with van der Waals surface area (Å²) in [7, 11) is 4.07. The summed E-state index contributed by atoms with van der Waals surface area (Å²) in [6, 6.07) is 17.1. The fourth-order valence-electron chi connectivity index (χ4n) is 5.14. The molecule has 6 nitrogen and oxygen atoms in total. The van der Waals surface area contributed by atoms with E-state index in [1.807, 2.05) is 26.2 Å². The predicted octanol–water partition coefficient (Wildman–Crippen LogP) is 2.64. The molecule has 0 bridgehead atoms. The average molecular weight is 450 g/mol. The average Bonchev–Trinajstić information content (AvgIpc) is 2.88. The number of anilines is 2. The molecule has 2 N–H and O–H groups in total. The monoisotopic (exact) mass is 449 g/mol. The Hall–Kier alpha value is -2.41. The zero-order valence-electron chi connectivity index (χ0n) is 20.4. The molecule has 2 heterocycles. The van der Waals surface area contributed by atoms with Gasteiger partial charge in [0, 0.05) is 69.3 Å². The molecule has 1 atom stereocenters. The van der Waals surface area contributed by atoms with Crippen LogP contribution in [0.3, 0.4) is 0 Å². The second kappa shape index (κ2) is 10.7. The minimum Gasteiger partial charge on any atom is -0.369 e. The van der Waals surface area contributed by atoms with Crippen LogP contribution in [-0.2, 0) is 6.42 Å². The highest BCUT2D eigenvalue weighted by molar-refractivity contribution is 6.03. The Labute approximate surface area is 198 Å². The first-order chi connectivity index (χ1) is 16.0. The van der Waals surface area contributed by atoms with Crippen LogP contribution in [0.2, 0.25) is 0 Å². The van der Waals surface area contributed by atoms with Crippen LogP contribution in [0.4, 0.5) is 11.4 Å². The summed E-state index contributed by atoms with van der Waals surface area (Å²) in [5.74, 6) is 0.202. The maximum Gasteiger partial charge on any atom is 0.183 e. The summed E-state index contributed by atoms with van der Waals surface area (Å²) in [4.78, 5) is 20.8. The molecule has 0 amide bonds. The van der Waals surface area contributed by atoms with Gasteiger partial charge in [-0.25, -0.2) is 0 Å². The van der Waals surface area contributed by atoms with Gasteiger partial charge in [0.05, 0.1) is 5.54 Å². The van der Waals surface area contributed by atoms with Crippen molar-refractivity contribution < 1.29 is 4.79 Å². The zero-order chi connectivity index (χ0) is 23.3. The number of hydrogen-bond donors (Lipinski definition) is 2. The molecule has 6 heteroatoms. The molecular weight excluding hydrogens is 410 g/mol. The van der Waals surface area contributed by atoms with Crippen LogP contribution in [0.1, 0.15) is 29.3 Å². The van der Waals surface area contributed by atoms with Gasteiger partial charge in [0.2, 0.25) is 0 Å². The smallest absolute Gasteiger partial charge is 0.183 e. The van der Waals surface area contributed by atoms with E-state index in [1.54, 1.807) is 0 Å². The highest BCUT2D eigenvalue weighted by atomic mass is 16.1. The molecule has 1 unspecified atom stereocenters. The van der Waals surface area contributed by atoms with Gasteiger partial charge in [0.25, 0.3) is 0 Å². The van der Waals surface area contributed by atoms with Crippen molar-refractivity contribution in [3.05, 3.63) is 59.7 Å². The molecular formula is C27H39N5O. The minimum absolute atomic E-state index is 0.202.